The second kappa shape index (κ2) is 8.44. The molecule has 0 saturated heterocycles. The van der Waals surface area contributed by atoms with Gasteiger partial charge in [-0.3, -0.25) is 9.59 Å². The van der Waals surface area contributed by atoms with E-state index in [1.165, 1.54) is 25.0 Å². The molecule has 0 aliphatic carbocycles. The molecule has 0 fully saturated rings. The van der Waals surface area contributed by atoms with Gasteiger partial charge in [-0.05, 0) is 24.3 Å². The van der Waals surface area contributed by atoms with Gasteiger partial charge in [0.1, 0.15) is 12.6 Å². The lowest BCUT2D eigenvalue weighted by molar-refractivity contribution is -0.120. The van der Waals surface area contributed by atoms with Crippen molar-refractivity contribution < 1.29 is 19.1 Å². The van der Waals surface area contributed by atoms with Crippen LogP contribution < -0.4 is 10.2 Å². The van der Waals surface area contributed by atoms with Crippen molar-refractivity contribution in [3.8, 4) is 6.07 Å². The predicted molar refractivity (Wildman–Crippen MR) is 95.6 cm³/mol. The van der Waals surface area contributed by atoms with Crippen LogP contribution in [0.2, 0.25) is 0 Å². The Morgan fingerprint density at radius 2 is 1.77 bits per heavy atom. The van der Waals surface area contributed by atoms with E-state index in [0.717, 1.165) is 0 Å². The number of rotatable bonds is 5. The van der Waals surface area contributed by atoms with Gasteiger partial charge in [-0.2, -0.15) is 5.26 Å². The molecule has 0 aliphatic rings. The number of benzene rings is 2. The molecular formula is C19H17N3O4. The van der Waals surface area contributed by atoms with E-state index in [0.29, 0.717) is 11.3 Å². The molecular weight excluding hydrogens is 334 g/mol. The van der Waals surface area contributed by atoms with Crippen LogP contribution in [0.25, 0.3) is 0 Å². The molecule has 2 rings (SSSR count). The first-order valence-electron chi connectivity index (χ1n) is 7.72. The summed E-state index contributed by atoms with van der Waals surface area (Å²) >= 11 is 0. The number of carbonyl (C=O) groups is 3. The van der Waals surface area contributed by atoms with Gasteiger partial charge in [0, 0.05) is 6.92 Å². The first kappa shape index (κ1) is 18.7. The average molecular weight is 351 g/mol. The summed E-state index contributed by atoms with van der Waals surface area (Å²) in [5, 5.41) is 11.7. The molecule has 0 saturated carbocycles. The van der Waals surface area contributed by atoms with Crippen molar-refractivity contribution in [3.05, 3.63) is 59.7 Å². The lowest BCUT2D eigenvalue weighted by Crippen LogP contribution is -2.37. The highest BCUT2D eigenvalue weighted by Crippen LogP contribution is 2.22. The van der Waals surface area contributed by atoms with Gasteiger partial charge in [-0.1, -0.05) is 24.3 Å². The number of nitrogens with zero attached hydrogens (tertiary/aromatic N) is 2. The third-order valence-electron chi connectivity index (χ3n) is 3.60. The van der Waals surface area contributed by atoms with Gasteiger partial charge in [0.2, 0.25) is 11.8 Å². The minimum Gasteiger partial charge on any atom is -0.465 e. The second-order valence-electron chi connectivity index (χ2n) is 5.32. The molecule has 0 spiro atoms. The number of esters is 1. The third kappa shape index (κ3) is 4.24. The summed E-state index contributed by atoms with van der Waals surface area (Å²) in [7, 11) is 1.24. The molecule has 1 N–H and O–H groups in total. The van der Waals surface area contributed by atoms with Gasteiger partial charge < -0.3 is 15.0 Å². The van der Waals surface area contributed by atoms with Crippen LogP contribution in [0.1, 0.15) is 22.8 Å². The molecule has 0 radical (unpaired) electrons. The van der Waals surface area contributed by atoms with Crippen LogP contribution in [0.5, 0.6) is 0 Å². The summed E-state index contributed by atoms with van der Waals surface area (Å²) in [5.41, 5.74) is 1.11. The summed E-state index contributed by atoms with van der Waals surface area (Å²) in [4.78, 5) is 37.6. The minimum absolute atomic E-state index is 0.176. The number of ether oxygens (including phenoxy) is 1. The molecule has 132 valence electrons. The Morgan fingerprint density at radius 1 is 1.12 bits per heavy atom. The van der Waals surface area contributed by atoms with E-state index < -0.39 is 17.8 Å². The molecule has 0 aliphatic heterocycles. The number of nitrogens with one attached hydrogen (secondary N) is 1. The molecule has 7 nitrogen and oxygen atoms in total. The van der Waals surface area contributed by atoms with Crippen molar-refractivity contribution >= 4 is 29.2 Å². The molecule has 0 bridgehead atoms. The van der Waals surface area contributed by atoms with Gasteiger partial charge in [0.15, 0.2) is 0 Å². The lowest BCUT2D eigenvalue weighted by Gasteiger charge is -2.22. The number of anilines is 2. The van der Waals surface area contributed by atoms with E-state index >= 15 is 0 Å². The van der Waals surface area contributed by atoms with Gasteiger partial charge in [0.05, 0.1) is 29.6 Å². The summed E-state index contributed by atoms with van der Waals surface area (Å²) in [6.07, 6.45) is 0. The van der Waals surface area contributed by atoms with Crippen LogP contribution >= 0.6 is 0 Å². The van der Waals surface area contributed by atoms with Gasteiger partial charge in [-0.25, -0.2) is 4.79 Å². The molecule has 0 aromatic heterocycles. The highest BCUT2D eigenvalue weighted by Gasteiger charge is 2.22. The average Bonchev–Trinajstić information content (AvgIpc) is 2.65. The highest BCUT2D eigenvalue weighted by atomic mass is 16.5. The molecule has 7 heteroatoms. The first-order valence-corrected chi connectivity index (χ1v) is 7.72. The molecule has 0 unspecified atom stereocenters. The largest absolute Gasteiger partial charge is 0.465 e. The van der Waals surface area contributed by atoms with Crippen molar-refractivity contribution in [1.29, 1.82) is 5.26 Å². The maximum Gasteiger partial charge on any atom is 0.339 e. The maximum atomic E-state index is 12.4. The summed E-state index contributed by atoms with van der Waals surface area (Å²) < 4.78 is 4.72. The Morgan fingerprint density at radius 3 is 2.42 bits per heavy atom. The van der Waals surface area contributed by atoms with Crippen LogP contribution in [0.15, 0.2) is 48.5 Å². The van der Waals surface area contributed by atoms with Crippen LogP contribution in [-0.4, -0.2) is 31.4 Å². The Balaban J connectivity index is 2.27. The SMILES string of the molecule is COC(=O)c1ccccc1N(CC(=O)Nc1ccccc1C#N)C(C)=O. The second-order valence-corrected chi connectivity index (χ2v) is 5.32. The quantitative estimate of drug-likeness (QED) is 0.834. The van der Waals surface area contributed by atoms with E-state index in [2.05, 4.69) is 5.32 Å². The van der Waals surface area contributed by atoms with Crippen LogP contribution in [0.3, 0.4) is 0 Å². The molecule has 26 heavy (non-hydrogen) atoms. The van der Waals surface area contributed by atoms with Crippen molar-refractivity contribution in [2.24, 2.45) is 0 Å². The fourth-order valence-corrected chi connectivity index (χ4v) is 2.38. The Kier molecular flexibility index (Phi) is 6.06. The zero-order valence-electron chi connectivity index (χ0n) is 14.4. The zero-order chi connectivity index (χ0) is 19.1. The minimum atomic E-state index is -0.609. The van der Waals surface area contributed by atoms with Gasteiger partial charge in [0.25, 0.3) is 0 Å². The third-order valence-corrected chi connectivity index (χ3v) is 3.60. The number of hydrogen-bond donors (Lipinski definition) is 1. The van der Waals surface area contributed by atoms with E-state index in [1.54, 1.807) is 42.5 Å². The Bertz CT molecular complexity index is 886. The van der Waals surface area contributed by atoms with Crippen LogP contribution in [0.4, 0.5) is 11.4 Å². The van der Waals surface area contributed by atoms with E-state index in [9.17, 15) is 14.4 Å². The standard InChI is InChI=1S/C19H17N3O4/c1-13(23)22(17-10-6-4-8-15(17)19(25)26-2)12-18(24)21-16-9-5-3-7-14(16)11-20/h3-10H,12H2,1-2H3,(H,21,24). The smallest absolute Gasteiger partial charge is 0.339 e. The highest BCUT2D eigenvalue weighted by molar-refractivity contribution is 6.06. The van der Waals surface area contributed by atoms with E-state index in [4.69, 9.17) is 10.00 Å². The molecule has 2 aromatic rings. The van der Waals surface area contributed by atoms with E-state index in [1.807, 2.05) is 6.07 Å². The zero-order valence-corrected chi connectivity index (χ0v) is 14.4. The fraction of sp³-hybridized carbons (Fsp3) is 0.158. The number of carbonyl (C=O) groups excluding carboxylic acids is 3. The lowest BCUT2D eigenvalue weighted by atomic mass is 10.1. The number of nitriles is 1. The number of amides is 2. The summed E-state index contributed by atoms with van der Waals surface area (Å²) in [6, 6.07) is 14.9. The number of para-hydroxylation sites is 2. The summed E-state index contributed by atoms with van der Waals surface area (Å²) in [5.74, 6) is -1.52. The van der Waals surface area contributed by atoms with Crippen molar-refractivity contribution in [3.63, 3.8) is 0 Å². The molecule has 0 heterocycles. The topological polar surface area (TPSA) is 99.5 Å². The number of methoxy groups -OCH3 is 1. The summed E-state index contributed by atoms with van der Waals surface area (Å²) in [6.45, 7) is 0.980. The maximum absolute atomic E-state index is 12.4. The Hall–Kier alpha value is -3.66. The molecule has 2 aromatic carbocycles. The monoisotopic (exact) mass is 351 g/mol. The Labute approximate surface area is 150 Å². The fourth-order valence-electron chi connectivity index (χ4n) is 2.38. The normalized spacial score (nSPS) is 9.73. The van der Waals surface area contributed by atoms with Crippen molar-refractivity contribution in [2.75, 3.05) is 23.9 Å². The van der Waals surface area contributed by atoms with E-state index in [-0.39, 0.29) is 17.8 Å². The van der Waals surface area contributed by atoms with Crippen LogP contribution in [-0.2, 0) is 14.3 Å². The molecule has 2 amide bonds. The van der Waals surface area contributed by atoms with Gasteiger partial charge >= 0.3 is 5.97 Å². The van der Waals surface area contributed by atoms with Gasteiger partial charge in [-0.15, -0.1) is 0 Å². The van der Waals surface area contributed by atoms with Crippen molar-refractivity contribution in [2.45, 2.75) is 6.92 Å². The predicted octanol–water partition coefficient (Wildman–Crippen LogP) is 2.34. The van der Waals surface area contributed by atoms with Crippen LogP contribution in [0, 0.1) is 11.3 Å². The first-order chi connectivity index (χ1) is 12.5. The number of hydrogen-bond acceptors (Lipinski definition) is 5. The molecule has 0 atom stereocenters. The van der Waals surface area contributed by atoms with Crippen molar-refractivity contribution in [1.82, 2.24) is 0 Å².